The maximum absolute atomic E-state index is 9.80. The Hall–Kier alpha value is -0.770. The minimum absolute atomic E-state index is 0.325. The molecular weight excluding hydrogens is 248 g/mol. The highest BCUT2D eigenvalue weighted by atomic mass is 35.5. The Morgan fingerprint density at radius 1 is 1.50 bits per heavy atom. The third-order valence-corrected chi connectivity index (χ3v) is 3.91. The highest BCUT2D eigenvalue weighted by Gasteiger charge is 2.22. The molecule has 0 aliphatic carbocycles. The van der Waals surface area contributed by atoms with Gasteiger partial charge in [-0.15, -0.1) is 0 Å². The molecule has 100 valence electrons. The highest BCUT2D eigenvalue weighted by molar-refractivity contribution is 6.30. The van der Waals surface area contributed by atoms with Gasteiger partial charge in [0.25, 0.3) is 0 Å². The zero-order valence-electron chi connectivity index (χ0n) is 11.1. The van der Waals surface area contributed by atoms with Crippen LogP contribution in [0.2, 0.25) is 5.02 Å². The summed E-state index contributed by atoms with van der Waals surface area (Å²) in [4.78, 5) is 4.66. The van der Waals surface area contributed by atoms with Gasteiger partial charge in [0.05, 0.1) is 0 Å². The van der Waals surface area contributed by atoms with Crippen LogP contribution in [0, 0.1) is 0 Å². The average Bonchev–Trinajstić information content (AvgIpc) is 2.70. The third kappa shape index (κ3) is 3.37. The van der Waals surface area contributed by atoms with E-state index in [0.29, 0.717) is 16.8 Å². The summed E-state index contributed by atoms with van der Waals surface area (Å²) in [5, 5.41) is 10.5. The summed E-state index contributed by atoms with van der Waals surface area (Å²) in [6.07, 6.45) is 2.56. The summed E-state index contributed by atoms with van der Waals surface area (Å²) in [6.45, 7) is 2.96. The van der Waals surface area contributed by atoms with Crippen LogP contribution in [0.25, 0.3) is 0 Å². The average molecular weight is 269 g/mol. The van der Waals surface area contributed by atoms with Crippen molar-refractivity contribution >= 4 is 11.6 Å². The van der Waals surface area contributed by atoms with Crippen LogP contribution in [-0.2, 0) is 6.54 Å². The quantitative estimate of drug-likeness (QED) is 0.909. The molecule has 18 heavy (non-hydrogen) atoms. The predicted octanol–water partition coefficient (Wildman–Crippen LogP) is 2.57. The van der Waals surface area contributed by atoms with Crippen LogP contribution < -0.4 is 0 Å². The maximum Gasteiger partial charge on any atom is 0.120 e. The van der Waals surface area contributed by atoms with Gasteiger partial charge < -0.3 is 14.9 Å². The van der Waals surface area contributed by atoms with Gasteiger partial charge in [0, 0.05) is 29.7 Å². The predicted molar refractivity (Wildman–Crippen MR) is 75.1 cm³/mol. The minimum atomic E-state index is 0.325. The van der Waals surface area contributed by atoms with Crippen LogP contribution in [0.4, 0.5) is 0 Å². The number of likely N-dealkylation sites (N-methyl/N-ethyl adjacent to an activating group) is 2. The molecule has 2 rings (SSSR count). The van der Waals surface area contributed by atoms with Gasteiger partial charge in [0.15, 0.2) is 0 Å². The molecule has 0 bridgehead atoms. The molecule has 0 aromatic heterocycles. The van der Waals surface area contributed by atoms with Gasteiger partial charge in [-0.25, -0.2) is 0 Å². The van der Waals surface area contributed by atoms with Crippen molar-refractivity contribution in [3.63, 3.8) is 0 Å². The lowest BCUT2D eigenvalue weighted by atomic mass is 10.1. The first-order valence-electron chi connectivity index (χ1n) is 6.42. The molecule has 4 heteroatoms. The fraction of sp³-hybridized carbons (Fsp3) is 0.571. The molecule has 1 atom stereocenters. The summed E-state index contributed by atoms with van der Waals surface area (Å²) in [7, 11) is 4.27. The van der Waals surface area contributed by atoms with Gasteiger partial charge in [0.1, 0.15) is 5.75 Å². The lowest BCUT2D eigenvalue weighted by Crippen LogP contribution is -2.36. The van der Waals surface area contributed by atoms with E-state index in [2.05, 4.69) is 23.9 Å². The van der Waals surface area contributed by atoms with E-state index in [1.54, 1.807) is 12.1 Å². The Balaban J connectivity index is 1.94. The number of hydrogen-bond acceptors (Lipinski definition) is 3. The van der Waals surface area contributed by atoms with Crippen molar-refractivity contribution < 1.29 is 5.11 Å². The zero-order chi connectivity index (χ0) is 13.1. The molecule has 0 radical (unpaired) electrons. The first-order valence-corrected chi connectivity index (χ1v) is 6.80. The molecule has 0 spiro atoms. The Morgan fingerprint density at radius 2 is 2.28 bits per heavy atom. The second-order valence-electron chi connectivity index (χ2n) is 5.25. The lowest BCUT2D eigenvalue weighted by molar-refractivity contribution is 0.214. The number of rotatable bonds is 4. The Morgan fingerprint density at radius 3 is 2.94 bits per heavy atom. The van der Waals surface area contributed by atoms with Crippen molar-refractivity contribution in [2.24, 2.45) is 0 Å². The molecule has 1 heterocycles. The van der Waals surface area contributed by atoms with Gasteiger partial charge >= 0.3 is 0 Å². The Labute approximate surface area is 114 Å². The number of benzene rings is 1. The van der Waals surface area contributed by atoms with Crippen molar-refractivity contribution in [3.05, 3.63) is 28.8 Å². The van der Waals surface area contributed by atoms with Crippen molar-refractivity contribution in [2.45, 2.75) is 25.4 Å². The lowest BCUT2D eigenvalue weighted by Gasteiger charge is -2.26. The van der Waals surface area contributed by atoms with Crippen LogP contribution in [-0.4, -0.2) is 48.1 Å². The minimum Gasteiger partial charge on any atom is -0.508 e. The summed E-state index contributed by atoms with van der Waals surface area (Å²) in [6, 6.07) is 5.85. The summed E-state index contributed by atoms with van der Waals surface area (Å²) >= 11 is 5.96. The fourth-order valence-corrected chi connectivity index (χ4v) is 2.80. The van der Waals surface area contributed by atoms with E-state index in [9.17, 15) is 5.11 Å². The van der Waals surface area contributed by atoms with Gasteiger partial charge in [-0.2, -0.15) is 0 Å². The normalized spacial score (nSPS) is 20.8. The van der Waals surface area contributed by atoms with Crippen molar-refractivity contribution in [1.29, 1.82) is 0 Å². The second-order valence-corrected chi connectivity index (χ2v) is 5.68. The van der Waals surface area contributed by atoms with E-state index in [1.165, 1.54) is 19.4 Å². The maximum atomic E-state index is 9.80. The molecule has 1 aromatic carbocycles. The molecule has 3 nitrogen and oxygen atoms in total. The molecule has 1 unspecified atom stereocenters. The van der Waals surface area contributed by atoms with E-state index in [4.69, 9.17) is 11.6 Å². The molecule has 1 fully saturated rings. The number of aromatic hydroxyl groups is 1. The van der Waals surface area contributed by atoms with Crippen molar-refractivity contribution in [3.8, 4) is 5.75 Å². The number of phenolic OH excluding ortho intramolecular Hbond substituents is 1. The zero-order valence-corrected chi connectivity index (χ0v) is 11.8. The highest BCUT2D eigenvalue weighted by Crippen LogP contribution is 2.23. The number of nitrogens with zero attached hydrogens (tertiary/aromatic N) is 2. The number of phenols is 1. The summed E-state index contributed by atoms with van der Waals surface area (Å²) in [5.41, 5.74) is 0.894. The molecule has 1 saturated heterocycles. The SMILES string of the molecule is CN(Cc1cc(Cl)ccc1O)CC1CCCN1C. The summed E-state index contributed by atoms with van der Waals surface area (Å²) < 4.78 is 0. The first kappa shape index (κ1) is 13.7. The standard InChI is InChI=1S/C14H21ClN2O/c1-16(10-13-4-3-7-17(13)2)9-11-8-12(15)5-6-14(11)18/h5-6,8,13,18H,3-4,7,9-10H2,1-2H3. The molecular formula is C14H21ClN2O. The number of likely N-dealkylation sites (tertiary alicyclic amines) is 1. The monoisotopic (exact) mass is 268 g/mol. The van der Waals surface area contributed by atoms with E-state index >= 15 is 0 Å². The van der Waals surface area contributed by atoms with E-state index < -0.39 is 0 Å². The number of hydrogen-bond donors (Lipinski definition) is 1. The Bertz CT molecular complexity index is 411. The molecule has 1 aromatic rings. The number of halogens is 1. The third-order valence-electron chi connectivity index (χ3n) is 3.68. The largest absolute Gasteiger partial charge is 0.508 e. The van der Waals surface area contributed by atoms with Crippen molar-refractivity contribution in [1.82, 2.24) is 9.80 Å². The van der Waals surface area contributed by atoms with Gasteiger partial charge in [0.2, 0.25) is 0 Å². The van der Waals surface area contributed by atoms with Crippen LogP contribution in [0.1, 0.15) is 18.4 Å². The van der Waals surface area contributed by atoms with E-state index in [0.717, 1.165) is 18.7 Å². The van der Waals surface area contributed by atoms with Crippen LogP contribution in [0.15, 0.2) is 18.2 Å². The van der Waals surface area contributed by atoms with Gasteiger partial charge in [-0.05, 0) is 51.7 Å². The first-order chi connectivity index (χ1) is 8.56. The smallest absolute Gasteiger partial charge is 0.120 e. The molecule has 1 aliphatic heterocycles. The van der Waals surface area contributed by atoms with Crippen LogP contribution in [0.5, 0.6) is 5.75 Å². The molecule has 1 aliphatic rings. The van der Waals surface area contributed by atoms with Gasteiger partial charge in [-0.3, -0.25) is 0 Å². The Kier molecular flexibility index (Phi) is 4.49. The molecule has 1 N–H and O–H groups in total. The van der Waals surface area contributed by atoms with Crippen LogP contribution >= 0.6 is 11.6 Å². The fourth-order valence-electron chi connectivity index (χ4n) is 2.61. The van der Waals surface area contributed by atoms with Gasteiger partial charge in [-0.1, -0.05) is 11.6 Å². The van der Waals surface area contributed by atoms with E-state index in [1.807, 2.05) is 6.07 Å². The van der Waals surface area contributed by atoms with Crippen LogP contribution in [0.3, 0.4) is 0 Å². The van der Waals surface area contributed by atoms with E-state index in [-0.39, 0.29) is 0 Å². The molecule has 0 saturated carbocycles. The second kappa shape index (κ2) is 5.91. The summed E-state index contributed by atoms with van der Waals surface area (Å²) in [5.74, 6) is 0.325. The van der Waals surface area contributed by atoms with Crippen molar-refractivity contribution in [2.75, 3.05) is 27.2 Å². The topological polar surface area (TPSA) is 26.7 Å². The molecule has 0 amide bonds.